The Morgan fingerprint density at radius 3 is 2.50 bits per heavy atom. The van der Waals surface area contributed by atoms with Crippen LogP contribution in [0.4, 0.5) is 0 Å². The molecule has 0 bridgehead atoms. The molecule has 0 aromatic heterocycles. The largest absolute Gasteiger partial charge is 0.342 e. The van der Waals surface area contributed by atoms with E-state index in [0.29, 0.717) is 5.91 Å². The summed E-state index contributed by atoms with van der Waals surface area (Å²) >= 11 is 1.79. The summed E-state index contributed by atoms with van der Waals surface area (Å²) in [7, 11) is 0. The molecule has 2 aliphatic heterocycles. The SMILES string of the molecule is CSc1ccc(C[NH+]2CCC[C@H](C(=O)N3CCCCCC3)C2)cc1. The van der Waals surface area contributed by atoms with E-state index in [1.54, 1.807) is 16.7 Å². The van der Waals surface area contributed by atoms with Gasteiger partial charge in [0.05, 0.1) is 19.0 Å². The number of likely N-dealkylation sites (tertiary alicyclic amines) is 2. The lowest BCUT2D eigenvalue weighted by Crippen LogP contribution is -3.12. The van der Waals surface area contributed by atoms with Crippen LogP contribution in [0, 0.1) is 5.92 Å². The monoisotopic (exact) mass is 347 g/mol. The predicted octanol–water partition coefficient (Wildman–Crippen LogP) is 2.61. The number of carbonyl (C=O) groups is 1. The Kier molecular flexibility index (Phi) is 6.61. The van der Waals surface area contributed by atoms with Gasteiger partial charge in [-0.05, 0) is 44.1 Å². The Balaban J connectivity index is 1.55. The maximum absolute atomic E-state index is 12.9. The van der Waals surface area contributed by atoms with Crippen molar-refractivity contribution in [3.63, 3.8) is 0 Å². The molecule has 132 valence electrons. The van der Waals surface area contributed by atoms with Crippen LogP contribution in [0.5, 0.6) is 0 Å². The molecule has 2 aliphatic rings. The van der Waals surface area contributed by atoms with Crippen molar-refractivity contribution < 1.29 is 9.69 Å². The molecule has 2 fully saturated rings. The first-order chi connectivity index (χ1) is 11.8. The molecule has 1 aromatic carbocycles. The van der Waals surface area contributed by atoms with Gasteiger partial charge in [0.15, 0.2) is 0 Å². The van der Waals surface area contributed by atoms with Gasteiger partial charge in [-0.3, -0.25) is 4.79 Å². The Bertz CT molecular complexity index is 523. The van der Waals surface area contributed by atoms with Crippen molar-refractivity contribution in [3.05, 3.63) is 29.8 Å². The summed E-state index contributed by atoms with van der Waals surface area (Å²) < 4.78 is 0. The van der Waals surface area contributed by atoms with Gasteiger partial charge in [0, 0.05) is 23.5 Å². The van der Waals surface area contributed by atoms with Crippen LogP contribution in [0.3, 0.4) is 0 Å². The number of hydrogen-bond donors (Lipinski definition) is 1. The number of rotatable bonds is 4. The third-order valence-electron chi connectivity index (χ3n) is 5.50. The van der Waals surface area contributed by atoms with Crippen LogP contribution in [0.2, 0.25) is 0 Å². The van der Waals surface area contributed by atoms with Gasteiger partial charge in [-0.15, -0.1) is 11.8 Å². The minimum Gasteiger partial charge on any atom is -0.342 e. The molecule has 1 amide bonds. The summed E-state index contributed by atoms with van der Waals surface area (Å²) in [5.41, 5.74) is 1.39. The van der Waals surface area contributed by atoms with Crippen molar-refractivity contribution >= 4 is 17.7 Å². The Labute approximate surface area is 150 Å². The quantitative estimate of drug-likeness (QED) is 0.847. The zero-order chi connectivity index (χ0) is 16.8. The second-order valence-electron chi connectivity index (χ2n) is 7.31. The maximum atomic E-state index is 12.9. The van der Waals surface area contributed by atoms with Gasteiger partial charge < -0.3 is 9.80 Å². The molecular formula is C20H31N2OS+. The average Bonchev–Trinajstić information content (AvgIpc) is 2.91. The van der Waals surface area contributed by atoms with Crippen LogP contribution >= 0.6 is 11.8 Å². The number of benzene rings is 1. The van der Waals surface area contributed by atoms with Gasteiger partial charge in [0.2, 0.25) is 5.91 Å². The molecule has 24 heavy (non-hydrogen) atoms. The summed E-state index contributed by atoms with van der Waals surface area (Å²) in [6.07, 6.45) is 9.35. The van der Waals surface area contributed by atoms with E-state index >= 15 is 0 Å². The summed E-state index contributed by atoms with van der Waals surface area (Å²) in [4.78, 5) is 18.0. The lowest BCUT2D eigenvalue weighted by atomic mass is 9.96. The molecule has 4 heteroatoms. The van der Waals surface area contributed by atoms with E-state index in [1.807, 2.05) is 0 Å². The second kappa shape index (κ2) is 8.91. The minimum absolute atomic E-state index is 0.248. The third kappa shape index (κ3) is 4.76. The van der Waals surface area contributed by atoms with E-state index in [1.165, 1.54) is 49.1 Å². The van der Waals surface area contributed by atoms with E-state index < -0.39 is 0 Å². The number of quaternary nitrogens is 1. The lowest BCUT2D eigenvalue weighted by Gasteiger charge is -2.32. The smallest absolute Gasteiger partial charge is 0.231 e. The van der Waals surface area contributed by atoms with Crippen molar-refractivity contribution in [1.82, 2.24) is 4.90 Å². The predicted molar refractivity (Wildman–Crippen MR) is 100 cm³/mol. The van der Waals surface area contributed by atoms with Crippen molar-refractivity contribution in [2.24, 2.45) is 5.92 Å². The second-order valence-corrected chi connectivity index (χ2v) is 8.19. The van der Waals surface area contributed by atoms with Crippen LogP contribution in [-0.4, -0.2) is 43.2 Å². The van der Waals surface area contributed by atoms with Crippen LogP contribution < -0.4 is 4.90 Å². The standard InChI is InChI=1S/C20H30N2OS/c1-24-19-10-8-17(9-11-19)15-21-12-6-7-18(16-21)20(23)22-13-4-2-3-5-14-22/h8-11,18H,2-7,12-16H2,1H3/p+1/t18-/m0/s1. The molecule has 0 spiro atoms. The summed E-state index contributed by atoms with van der Waals surface area (Å²) in [6, 6.07) is 8.92. The van der Waals surface area contributed by atoms with Gasteiger partial charge in [0.25, 0.3) is 0 Å². The molecule has 0 aliphatic carbocycles. The van der Waals surface area contributed by atoms with Gasteiger partial charge in [-0.1, -0.05) is 25.0 Å². The number of piperidine rings is 1. The molecule has 2 saturated heterocycles. The fourth-order valence-corrected chi connectivity index (χ4v) is 4.51. The molecule has 3 rings (SSSR count). The number of nitrogens with zero attached hydrogens (tertiary/aromatic N) is 1. The first-order valence-corrected chi connectivity index (χ1v) is 10.7. The summed E-state index contributed by atoms with van der Waals surface area (Å²) in [5, 5.41) is 0. The summed E-state index contributed by atoms with van der Waals surface area (Å²) in [5.74, 6) is 0.684. The Morgan fingerprint density at radius 1 is 1.12 bits per heavy atom. The molecule has 3 nitrogen and oxygen atoms in total. The topological polar surface area (TPSA) is 24.8 Å². The molecule has 0 saturated carbocycles. The van der Waals surface area contributed by atoms with Crippen LogP contribution in [0.25, 0.3) is 0 Å². The van der Waals surface area contributed by atoms with E-state index in [0.717, 1.165) is 32.6 Å². The van der Waals surface area contributed by atoms with E-state index in [-0.39, 0.29) is 5.92 Å². The zero-order valence-electron chi connectivity index (χ0n) is 14.9. The Hall–Kier alpha value is -1.00. The highest BCUT2D eigenvalue weighted by Crippen LogP contribution is 2.17. The van der Waals surface area contributed by atoms with E-state index in [9.17, 15) is 4.79 Å². The van der Waals surface area contributed by atoms with Crippen molar-refractivity contribution in [2.75, 3.05) is 32.4 Å². The number of amides is 1. The van der Waals surface area contributed by atoms with Crippen LogP contribution in [-0.2, 0) is 11.3 Å². The van der Waals surface area contributed by atoms with Crippen LogP contribution in [0.15, 0.2) is 29.2 Å². The fraction of sp³-hybridized carbons (Fsp3) is 0.650. The molecule has 0 radical (unpaired) electrons. The highest BCUT2D eigenvalue weighted by Gasteiger charge is 2.31. The molecule has 1 aromatic rings. The number of thioether (sulfide) groups is 1. The first-order valence-electron chi connectivity index (χ1n) is 9.51. The van der Waals surface area contributed by atoms with Gasteiger partial charge in [0.1, 0.15) is 6.54 Å². The molecule has 2 atom stereocenters. The molecular weight excluding hydrogens is 316 g/mol. The molecule has 2 heterocycles. The third-order valence-corrected chi connectivity index (χ3v) is 6.24. The average molecular weight is 348 g/mol. The van der Waals surface area contributed by atoms with Crippen molar-refractivity contribution in [2.45, 2.75) is 50.0 Å². The summed E-state index contributed by atoms with van der Waals surface area (Å²) in [6.45, 7) is 5.24. The minimum atomic E-state index is 0.248. The number of hydrogen-bond acceptors (Lipinski definition) is 2. The highest BCUT2D eigenvalue weighted by atomic mass is 32.2. The number of carbonyl (C=O) groups excluding carboxylic acids is 1. The van der Waals surface area contributed by atoms with E-state index in [4.69, 9.17) is 0 Å². The molecule has 1 N–H and O–H groups in total. The van der Waals surface area contributed by atoms with E-state index in [2.05, 4.69) is 35.4 Å². The van der Waals surface area contributed by atoms with Gasteiger partial charge >= 0.3 is 0 Å². The lowest BCUT2D eigenvalue weighted by molar-refractivity contribution is -0.921. The number of nitrogens with one attached hydrogen (secondary N) is 1. The first kappa shape index (κ1) is 17.8. The maximum Gasteiger partial charge on any atom is 0.231 e. The zero-order valence-corrected chi connectivity index (χ0v) is 15.7. The van der Waals surface area contributed by atoms with Gasteiger partial charge in [-0.2, -0.15) is 0 Å². The van der Waals surface area contributed by atoms with Crippen LogP contribution in [0.1, 0.15) is 44.1 Å². The van der Waals surface area contributed by atoms with Crippen molar-refractivity contribution in [1.29, 1.82) is 0 Å². The Morgan fingerprint density at radius 2 is 1.83 bits per heavy atom. The van der Waals surface area contributed by atoms with Crippen molar-refractivity contribution in [3.8, 4) is 0 Å². The highest BCUT2D eigenvalue weighted by molar-refractivity contribution is 7.98. The van der Waals surface area contributed by atoms with Gasteiger partial charge in [-0.25, -0.2) is 0 Å². The molecule has 1 unspecified atom stereocenters. The fourth-order valence-electron chi connectivity index (χ4n) is 4.10. The normalized spacial score (nSPS) is 25.3.